The summed E-state index contributed by atoms with van der Waals surface area (Å²) in [5.74, 6) is -0.370. The summed E-state index contributed by atoms with van der Waals surface area (Å²) < 4.78 is 1.03. The van der Waals surface area contributed by atoms with Gasteiger partial charge in [-0.15, -0.1) is 0 Å². The van der Waals surface area contributed by atoms with E-state index in [9.17, 15) is 15.2 Å². The number of amides is 1. The van der Waals surface area contributed by atoms with Crippen LogP contribution in [-0.4, -0.2) is 17.6 Å². The van der Waals surface area contributed by atoms with Crippen LogP contribution in [0.15, 0.2) is 76.9 Å². The molecule has 0 aliphatic rings. The summed E-state index contributed by atoms with van der Waals surface area (Å²) in [6.45, 7) is 0.587. The van der Waals surface area contributed by atoms with E-state index in [1.807, 2.05) is 30.3 Å². The largest absolute Gasteiger partial charge is 0.507 e. The zero-order valence-corrected chi connectivity index (χ0v) is 16.5. The molecule has 0 fully saturated rings. The van der Waals surface area contributed by atoms with Crippen molar-refractivity contribution in [1.29, 1.82) is 5.26 Å². The first-order valence-electron chi connectivity index (χ1n) is 8.69. The molecule has 3 rings (SSSR count). The SMILES string of the molecule is N#C/C(=C/NCCc1ccccc1Br)C(=O)Nc1cccc2c(O)cccc12. The third kappa shape index (κ3) is 4.51. The number of hydrogen-bond acceptors (Lipinski definition) is 4. The number of halogens is 1. The maximum absolute atomic E-state index is 12.5. The van der Waals surface area contributed by atoms with Crippen molar-refractivity contribution in [2.75, 3.05) is 11.9 Å². The number of aromatic hydroxyl groups is 1. The average Bonchev–Trinajstić information content (AvgIpc) is 2.70. The second-order valence-corrected chi connectivity index (χ2v) is 6.95. The fourth-order valence-corrected chi connectivity index (χ4v) is 3.31. The summed E-state index contributed by atoms with van der Waals surface area (Å²) in [6.07, 6.45) is 2.18. The monoisotopic (exact) mass is 435 g/mol. The van der Waals surface area contributed by atoms with E-state index in [1.54, 1.807) is 36.4 Å². The van der Waals surface area contributed by atoms with Crippen molar-refractivity contribution in [2.24, 2.45) is 0 Å². The lowest BCUT2D eigenvalue weighted by Gasteiger charge is -2.09. The molecule has 3 aromatic rings. The first-order valence-corrected chi connectivity index (χ1v) is 9.48. The van der Waals surface area contributed by atoms with Gasteiger partial charge < -0.3 is 15.7 Å². The normalized spacial score (nSPS) is 11.1. The minimum atomic E-state index is -0.508. The van der Waals surface area contributed by atoms with Gasteiger partial charge >= 0.3 is 0 Å². The quantitative estimate of drug-likeness (QED) is 0.302. The highest BCUT2D eigenvalue weighted by molar-refractivity contribution is 9.10. The highest BCUT2D eigenvalue weighted by Gasteiger charge is 2.12. The van der Waals surface area contributed by atoms with Gasteiger partial charge in [0.15, 0.2) is 0 Å². The Morgan fingerprint density at radius 3 is 2.61 bits per heavy atom. The second-order valence-electron chi connectivity index (χ2n) is 6.10. The molecule has 3 aromatic carbocycles. The topological polar surface area (TPSA) is 85.2 Å². The zero-order chi connectivity index (χ0) is 19.9. The smallest absolute Gasteiger partial charge is 0.267 e. The summed E-state index contributed by atoms with van der Waals surface area (Å²) in [5.41, 5.74) is 1.65. The van der Waals surface area contributed by atoms with Crippen LogP contribution in [0.2, 0.25) is 0 Å². The third-order valence-corrected chi connectivity index (χ3v) is 5.03. The molecule has 3 N–H and O–H groups in total. The van der Waals surface area contributed by atoms with Crippen molar-refractivity contribution in [3.05, 3.63) is 82.5 Å². The highest BCUT2D eigenvalue weighted by Crippen LogP contribution is 2.29. The lowest BCUT2D eigenvalue weighted by molar-refractivity contribution is -0.112. The summed E-state index contributed by atoms with van der Waals surface area (Å²) >= 11 is 3.50. The van der Waals surface area contributed by atoms with Gasteiger partial charge in [0, 0.05) is 33.7 Å². The van der Waals surface area contributed by atoms with Gasteiger partial charge in [-0.05, 0) is 30.2 Å². The van der Waals surface area contributed by atoms with Gasteiger partial charge in [0.05, 0.1) is 0 Å². The van der Waals surface area contributed by atoms with Gasteiger partial charge in [-0.25, -0.2) is 0 Å². The summed E-state index contributed by atoms with van der Waals surface area (Å²) in [5, 5.41) is 26.4. The molecule has 6 heteroatoms. The molecule has 0 bridgehead atoms. The minimum Gasteiger partial charge on any atom is -0.507 e. The molecule has 0 saturated carbocycles. The lowest BCUT2D eigenvalue weighted by atomic mass is 10.1. The van der Waals surface area contributed by atoms with Gasteiger partial charge in [-0.2, -0.15) is 5.26 Å². The van der Waals surface area contributed by atoms with E-state index in [2.05, 4.69) is 26.6 Å². The van der Waals surface area contributed by atoms with E-state index in [1.165, 1.54) is 6.20 Å². The molecule has 140 valence electrons. The molecule has 0 atom stereocenters. The van der Waals surface area contributed by atoms with Crippen molar-refractivity contribution < 1.29 is 9.90 Å². The highest BCUT2D eigenvalue weighted by atomic mass is 79.9. The van der Waals surface area contributed by atoms with Gasteiger partial charge in [-0.1, -0.05) is 58.4 Å². The number of carbonyl (C=O) groups is 1. The molecule has 0 radical (unpaired) electrons. The third-order valence-electron chi connectivity index (χ3n) is 4.26. The Morgan fingerprint density at radius 2 is 1.82 bits per heavy atom. The van der Waals surface area contributed by atoms with E-state index >= 15 is 0 Å². The van der Waals surface area contributed by atoms with Crippen molar-refractivity contribution >= 4 is 38.3 Å². The molecular formula is C22H18BrN3O2. The van der Waals surface area contributed by atoms with Crippen LogP contribution < -0.4 is 10.6 Å². The molecule has 0 aromatic heterocycles. The van der Waals surface area contributed by atoms with Crippen LogP contribution in [0.25, 0.3) is 10.8 Å². The number of nitrogens with one attached hydrogen (secondary N) is 2. The van der Waals surface area contributed by atoms with Gasteiger partial charge in [0.25, 0.3) is 5.91 Å². The summed E-state index contributed by atoms with van der Waals surface area (Å²) in [6, 6.07) is 20.2. The van der Waals surface area contributed by atoms with Gasteiger partial charge in [-0.3, -0.25) is 4.79 Å². The number of benzene rings is 3. The van der Waals surface area contributed by atoms with Crippen molar-refractivity contribution in [1.82, 2.24) is 5.32 Å². The number of rotatable bonds is 6. The number of nitriles is 1. The zero-order valence-electron chi connectivity index (χ0n) is 14.9. The van der Waals surface area contributed by atoms with E-state index < -0.39 is 5.91 Å². The van der Waals surface area contributed by atoms with E-state index in [4.69, 9.17) is 0 Å². The Labute approximate surface area is 171 Å². The number of hydrogen-bond donors (Lipinski definition) is 3. The van der Waals surface area contributed by atoms with E-state index in [0.29, 0.717) is 23.0 Å². The number of phenols is 1. The number of carbonyl (C=O) groups excluding carboxylic acids is 1. The maximum atomic E-state index is 12.5. The van der Waals surface area contributed by atoms with Crippen LogP contribution in [0.5, 0.6) is 5.75 Å². The number of anilines is 1. The van der Waals surface area contributed by atoms with Crippen molar-refractivity contribution in [3.8, 4) is 11.8 Å². The second kappa shape index (κ2) is 9.07. The van der Waals surface area contributed by atoms with Crippen LogP contribution in [-0.2, 0) is 11.2 Å². The summed E-state index contributed by atoms with van der Waals surface area (Å²) in [4.78, 5) is 12.5. The Kier molecular flexibility index (Phi) is 6.30. The first kappa shape index (κ1) is 19.5. The number of nitrogens with zero attached hydrogens (tertiary/aromatic N) is 1. The lowest BCUT2D eigenvalue weighted by Crippen LogP contribution is -2.18. The Hall–Kier alpha value is -3.30. The molecule has 1 amide bonds. The molecule has 28 heavy (non-hydrogen) atoms. The Morgan fingerprint density at radius 1 is 1.07 bits per heavy atom. The maximum Gasteiger partial charge on any atom is 0.267 e. The fourth-order valence-electron chi connectivity index (χ4n) is 2.82. The van der Waals surface area contributed by atoms with Crippen molar-refractivity contribution in [2.45, 2.75) is 6.42 Å². The average molecular weight is 436 g/mol. The first-order chi connectivity index (χ1) is 13.6. The molecule has 0 aliphatic carbocycles. The Bertz CT molecular complexity index is 1090. The fraction of sp³-hybridized carbons (Fsp3) is 0.0909. The predicted molar refractivity (Wildman–Crippen MR) is 114 cm³/mol. The molecule has 0 heterocycles. The Balaban J connectivity index is 1.67. The summed E-state index contributed by atoms with van der Waals surface area (Å²) in [7, 11) is 0. The molecule has 0 saturated heterocycles. The van der Waals surface area contributed by atoms with Crippen LogP contribution >= 0.6 is 15.9 Å². The van der Waals surface area contributed by atoms with Crippen LogP contribution in [0, 0.1) is 11.3 Å². The molecule has 0 unspecified atom stereocenters. The van der Waals surface area contributed by atoms with Crippen LogP contribution in [0.3, 0.4) is 0 Å². The van der Waals surface area contributed by atoms with E-state index in [0.717, 1.165) is 16.5 Å². The van der Waals surface area contributed by atoms with Crippen molar-refractivity contribution in [3.63, 3.8) is 0 Å². The van der Waals surface area contributed by atoms with E-state index in [-0.39, 0.29) is 11.3 Å². The minimum absolute atomic E-state index is 0.0238. The van der Waals surface area contributed by atoms with Gasteiger partial charge in [0.2, 0.25) is 0 Å². The van der Waals surface area contributed by atoms with Crippen LogP contribution in [0.1, 0.15) is 5.56 Å². The molecule has 0 aliphatic heterocycles. The van der Waals surface area contributed by atoms with Crippen LogP contribution in [0.4, 0.5) is 5.69 Å². The standard InChI is InChI=1S/C22H18BrN3O2/c23-19-8-2-1-5-15(19)11-12-25-14-16(13-24)22(28)26-20-9-3-7-18-17(20)6-4-10-21(18)27/h1-10,14,25,27H,11-12H2,(H,26,28)/b16-14-. The number of phenolic OH excluding ortho intramolecular Hbond substituents is 1. The predicted octanol–water partition coefficient (Wildman–Crippen LogP) is 4.49. The number of fused-ring (bicyclic) bond motifs is 1. The molecule has 5 nitrogen and oxygen atoms in total. The van der Waals surface area contributed by atoms with Gasteiger partial charge in [0.1, 0.15) is 17.4 Å². The molecular weight excluding hydrogens is 418 g/mol. The molecule has 0 spiro atoms.